The Balaban J connectivity index is 2.02. The molecule has 1 aliphatic rings. The Bertz CT molecular complexity index is 391. The first kappa shape index (κ1) is 14.0. The molecule has 0 aliphatic heterocycles. The molecule has 2 rings (SSSR count). The molecule has 1 aromatic heterocycles. The van der Waals surface area contributed by atoms with E-state index in [4.69, 9.17) is 10.7 Å². The van der Waals surface area contributed by atoms with Crippen LogP contribution in [0.2, 0.25) is 0 Å². The molecule has 2 nitrogen and oxygen atoms in total. The molecule has 18 heavy (non-hydrogen) atoms. The van der Waals surface area contributed by atoms with Crippen LogP contribution >= 0.6 is 11.3 Å². The molecular weight excluding hydrogens is 240 g/mol. The van der Waals surface area contributed by atoms with Crippen LogP contribution in [-0.4, -0.2) is 11.0 Å². The van der Waals surface area contributed by atoms with Crippen molar-refractivity contribution < 1.29 is 0 Å². The second-order valence-corrected chi connectivity index (χ2v) is 7.87. The average molecular weight is 266 g/mol. The van der Waals surface area contributed by atoms with Crippen molar-refractivity contribution in [2.75, 3.05) is 0 Å². The van der Waals surface area contributed by atoms with E-state index < -0.39 is 0 Å². The van der Waals surface area contributed by atoms with E-state index in [-0.39, 0.29) is 5.41 Å². The van der Waals surface area contributed by atoms with Gasteiger partial charge < -0.3 is 5.73 Å². The van der Waals surface area contributed by atoms with E-state index in [2.05, 4.69) is 33.1 Å². The maximum Gasteiger partial charge on any atom is 0.0931 e. The van der Waals surface area contributed by atoms with Gasteiger partial charge in [-0.3, -0.25) is 0 Å². The van der Waals surface area contributed by atoms with Crippen LogP contribution in [0, 0.1) is 11.8 Å². The van der Waals surface area contributed by atoms with Gasteiger partial charge in [0.1, 0.15) is 0 Å². The standard InChI is InChI=1S/C15H26N2S/c1-10-5-6-12(16)11(7-10)8-14-17-13(9-18-14)15(2,3)4/h9-12H,5-8,16H2,1-4H3. The summed E-state index contributed by atoms with van der Waals surface area (Å²) in [7, 11) is 0. The molecule has 0 bridgehead atoms. The Hall–Kier alpha value is -0.410. The third-order valence-electron chi connectivity index (χ3n) is 4.06. The number of hydrogen-bond donors (Lipinski definition) is 1. The number of nitrogens with two attached hydrogens (primary N) is 1. The highest BCUT2D eigenvalue weighted by Crippen LogP contribution is 2.32. The minimum atomic E-state index is 0.163. The van der Waals surface area contributed by atoms with E-state index in [1.165, 1.54) is 30.0 Å². The molecule has 1 fully saturated rings. The zero-order valence-electron chi connectivity index (χ0n) is 12.1. The third kappa shape index (κ3) is 3.33. The van der Waals surface area contributed by atoms with Crippen LogP contribution in [0.25, 0.3) is 0 Å². The SMILES string of the molecule is CC1CCC(N)C(Cc2nc(C(C)(C)C)cs2)C1. The zero-order chi connectivity index (χ0) is 13.3. The molecule has 0 aromatic carbocycles. The molecular formula is C15H26N2S. The summed E-state index contributed by atoms with van der Waals surface area (Å²) in [6, 6.07) is 0.378. The second-order valence-electron chi connectivity index (χ2n) is 6.92. The number of rotatable bonds is 2. The highest BCUT2D eigenvalue weighted by molar-refractivity contribution is 7.09. The first-order valence-electron chi connectivity index (χ1n) is 7.06. The van der Waals surface area contributed by atoms with Crippen LogP contribution in [0.3, 0.4) is 0 Å². The number of nitrogens with zero attached hydrogens (tertiary/aromatic N) is 1. The summed E-state index contributed by atoms with van der Waals surface area (Å²) < 4.78 is 0. The lowest BCUT2D eigenvalue weighted by Crippen LogP contribution is -2.36. The number of aromatic nitrogens is 1. The lowest BCUT2D eigenvalue weighted by Gasteiger charge is -2.32. The number of hydrogen-bond acceptors (Lipinski definition) is 3. The van der Waals surface area contributed by atoms with Crippen molar-refractivity contribution in [3.05, 3.63) is 16.1 Å². The Morgan fingerprint density at radius 2 is 2.11 bits per heavy atom. The van der Waals surface area contributed by atoms with Gasteiger partial charge in [-0.1, -0.05) is 27.7 Å². The van der Waals surface area contributed by atoms with Crippen molar-refractivity contribution in [3.8, 4) is 0 Å². The van der Waals surface area contributed by atoms with Crippen LogP contribution in [0.4, 0.5) is 0 Å². The van der Waals surface area contributed by atoms with Gasteiger partial charge in [0.05, 0.1) is 10.7 Å². The lowest BCUT2D eigenvalue weighted by molar-refractivity contribution is 0.244. The fourth-order valence-electron chi connectivity index (χ4n) is 2.73. The summed E-state index contributed by atoms with van der Waals surface area (Å²) in [4.78, 5) is 4.80. The molecule has 0 spiro atoms. The first-order valence-corrected chi connectivity index (χ1v) is 7.94. The molecule has 2 N–H and O–H groups in total. The van der Waals surface area contributed by atoms with Crippen LogP contribution in [0.15, 0.2) is 5.38 Å². The van der Waals surface area contributed by atoms with E-state index >= 15 is 0 Å². The summed E-state index contributed by atoms with van der Waals surface area (Å²) in [5.41, 5.74) is 7.64. The topological polar surface area (TPSA) is 38.9 Å². The van der Waals surface area contributed by atoms with Gasteiger partial charge in [-0.05, 0) is 31.1 Å². The fourth-order valence-corrected chi connectivity index (χ4v) is 3.85. The Labute approximate surface area is 115 Å². The Kier molecular flexibility index (Phi) is 4.12. The van der Waals surface area contributed by atoms with E-state index in [1.807, 2.05) is 0 Å². The molecule has 102 valence electrons. The summed E-state index contributed by atoms with van der Waals surface area (Å²) in [5, 5.41) is 3.49. The molecule has 0 amide bonds. The minimum Gasteiger partial charge on any atom is -0.327 e. The van der Waals surface area contributed by atoms with Crippen molar-refractivity contribution in [1.82, 2.24) is 4.98 Å². The maximum atomic E-state index is 6.26. The highest BCUT2D eigenvalue weighted by atomic mass is 32.1. The predicted octanol–water partition coefficient (Wildman–Crippen LogP) is 3.75. The molecule has 1 saturated carbocycles. The summed E-state index contributed by atoms with van der Waals surface area (Å²) in [6.07, 6.45) is 4.82. The van der Waals surface area contributed by atoms with Crippen molar-refractivity contribution in [1.29, 1.82) is 0 Å². The van der Waals surface area contributed by atoms with Gasteiger partial charge in [-0.25, -0.2) is 4.98 Å². The molecule has 3 heteroatoms. The molecule has 0 saturated heterocycles. The maximum absolute atomic E-state index is 6.26. The van der Waals surface area contributed by atoms with Gasteiger partial charge in [0, 0.05) is 23.3 Å². The Morgan fingerprint density at radius 1 is 1.39 bits per heavy atom. The summed E-state index contributed by atoms with van der Waals surface area (Å²) in [5.74, 6) is 1.46. The molecule has 1 heterocycles. The normalized spacial score (nSPS) is 29.5. The Morgan fingerprint density at radius 3 is 2.72 bits per heavy atom. The van der Waals surface area contributed by atoms with Crippen molar-refractivity contribution in [3.63, 3.8) is 0 Å². The van der Waals surface area contributed by atoms with Gasteiger partial charge in [-0.2, -0.15) is 0 Å². The van der Waals surface area contributed by atoms with Gasteiger partial charge in [-0.15, -0.1) is 11.3 Å². The summed E-state index contributed by atoms with van der Waals surface area (Å²) >= 11 is 1.81. The van der Waals surface area contributed by atoms with Crippen LogP contribution in [-0.2, 0) is 11.8 Å². The highest BCUT2D eigenvalue weighted by Gasteiger charge is 2.27. The van der Waals surface area contributed by atoms with Gasteiger partial charge >= 0.3 is 0 Å². The summed E-state index contributed by atoms with van der Waals surface area (Å²) in [6.45, 7) is 9.02. The average Bonchev–Trinajstić information content (AvgIpc) is 2.71. The molecule has 0 radical (unpaired) electrons. The van der Waals surface area contributed by atoms with Crippen LogP contribution in [0.5, 0.6) is 0 Å². The first-order chi connectivity index (χ1) is 8.36. The van der Waals surface area contributed by atoms with E-state index in [0.717, 1.165) is 12.3 Å². The van der Waals surface area contributed by atoms with Crippen molar-refractivity contribution in [2.45, 2.75) is 64.8 Å². The van der Waals surface area contributed by atoms with Gasteiger partial charge in [0.2, 0.25) is 0 Å². The molecule has 3 atom stereocenters. The van der Waals surface area contributed by atoms with Crippen molar-refractivity contribution >= 4 is 11.3 Å². The minimum absolute atomic E-state index is 0.163. The monoisotopic (exact) mass is 266 g/mol. The molecule has 3 unspecified atom stereocenters. The predicted molar refractivity (Wildman–Crippen MR) is 79.0 cm³/mol. The second kappa shape index (κ2) is 5.30. The fraction of sp³-hybridized carbons (Fsp3) is 0.800. The molecule has 1 aliphatic carbocycles. The van der Waals surface area contributed by atoms with Gasteiger partial charge in [0.15, 0.2) is 0 Å². The van der Waals surface area contributed by atoms with Gasteiger partial charge in [0.25, 0.3) is 0 Å². The lowest BCUT2D eigenvalue weighted by atomic mass is 9.78. The smallest absolute Gasteiger partial charge is 0.0931 e. The van der Waals surface area contributed by atoms with Crippen LogP contribution < -0.4 is 5.73 Å². The number of thiazole rings is 1. The van der Waals surface area contributed by atoms with Crippen LogP contribution in [0.1, 0.15) is 57.7 Å². The van der Waals surface area contributed by atoms with Crippen molar-refractivity contribution in [2.24, 2.45) is 17.6 Å². The largest absolute Gasteiger partial charge is 0.327 e. The van der Waals surface area contributed by atoms with E-state index in [9.17, 15) is 0 Å². The molecule has 1 aromatic rings. The van der Waals surface area contributed by atoms with E-state index in [0.29, 0.717) is 12.0 Å². The quantitative estimate of drug-likeness (QED) is 0.885. The van der Waals surface area contributed by atoms with E-state index in [1.54, 1.807) is 11.3 Å². The third-order valence-corrected chi connectivity index (χ3v) is 4.93. The zero-order valence-corrected chi connectivity index (χ0v) is 12.9.